The van der Waals surface area contributed by atoms with Crippen molar-refractivity contribution in [1.82, 2.24) is 0 Å². The zero-order chi connectivity index (χ0) is 12.4. The molecule has 5 heteroatoms. The second kappa shape index (κ2) is 5.06. The fourth-order valence-electron chi connectivity index (χ4n) is 1.37. The molecule has 0 saturated carbocycles. The minimum atomic E-state index is -0.294. The van der Waals surface area contributed by atoms with Crippen molar-refractivity contribution in [1.29, 1.82) is 0 Å². The molecule has 0 amide bonds. The lowest BCUT2D eigenvalue weighted by Crippen LogP contribution is -1.96. The Morgan fingerprint density at radius 2 is 1.82 bits per heavy atom. The minimum Gasteiger partial charge on any atom is -0.397 e. The lowest BCUT2D eigenvalue weighted by Gasteiger charge is -2.10. The van der Waals surface area contributed by atoms with Crippen molar-refractivity contribution < 1.29 is 4.39 Å². The summed E-state index contributed by atoms with van der Waals surface area (Å²) >= 11 is 6.51. The molecule has 0 aliphatic heterocycles. The van der Waals surface area contributed by atoms with Gasteiger partial charge in [0.2, 0.25) is 0 Å². The molecule has 0 saturated heterocycles. The average molecular weight is 360 g/mol. The number of rotatable bonds is 2. The topological polar surface area (TPSA) is 38.0 Å². The van der Waals surface area contributed by atoms with E-state index in [-0.39, 0.29) is 5.82 Å². The highest BCUT2D eigenvalue weighted by atomic mass is 79.9. The van der Waals surface area contributed by atoms with Crippen LogP contribution in [0.2, 0.25) is 0 Å². The SMILES string of the molecule is Nc1ccc(Br)cc1Nc1ccc(F)c(Br)c1. The summed E-state index contributed by atoms with van der Waals surface area (Å²) in [5, 5.41) is 3.13. The number of nitrogen functional groups attached to an aromatic ring is 1. The highest BCUT2D eigenvalue weighted by Gasteiger charge is 2.03. The van der Waals surface area contributed by atoms with E-state index >= 15 is 0 Å². The molecule has 0 aliphatic rings. The van der Waals surface area contributed by atoms with Crippen LogP contribution < -0.4 is 11.1 Å². The number of nitrogens with two attached hydrogens (primary N) is 1. The molecule has 0 aromatic heterocycles. The van der Waals surface area contributed by atoms with Gasteiger partial charge < -0.3 is 11.1 Å². The first-order chi connectivity index (χ1) is 8.06. The van der Waals surface area contributed by atoms with Crippen LogP contribution in [0.3, 0.4) is 0 Å². The van der Waals surface area contributed by atoms with Crippen LogP contribution in [0, 0.1) is 5.82 Å². The molecule has 88 valence electrons. The Morgan fingerprint density at radius 1 is 1.06 bits per heavy atom. The van der Waals surface area contributed by atoms with Crippen molar-refractivity contribution >= 4 is 48.9 Å². The molecule has 0 radical (unpaired) electrons. The average Bonchev–Trinajstić information content (AvgIpc) is 2.29. The predicted octanol–water partition coefficient (Wildman–Crippen LogP) is 4.68. The standard InChI is InChI=1S/C12H9Br2FN2/c13-7-1-4-11(16)12(5-7)17-8-2-3-10(15)9(14)6-8/h1-6,17H,16H2. The number of nitrogens with one attached hydrogen (secondary N) is 1. The summed E-state index contributed by atoms with van der Waals surface area (Å²) in [6.07, 6.45) is 0. The van der Waals surface area contributed by atoms with Crippen molar-refractivity contribution in [2.24, 2.45) is 0 Å². The predicted molar refractivity (Wildman–Crippen MR) is 75.9 cm³/mol. The van der Waals surface area contributed by atoms with E-state index in [4.69, 9.17) is 5.73 Å². The van der Waals surface area contributed by atoms with Gasteiger partial charge in [-0.1, -0.05) is 15.9 Å². The normalized spacial score (nSPS) is 10.3. The Labute approximate surface area is 115 Å². The number of hydrogen-bond acceptors (Lipinski definition) is 2. The first-order valence-corrected chi connectivity index (χ1v) is 6.42. The highest BCUT2D eigenvalue weighted by molar-refractivity contribution is 9.10. The second-order valence-electron chi connectivity index (χ2n) is 3.49. The Morgan fingerprint density at radius 3 is 2.53 bits per heavy atom. The number of hydrogen-bond donors (Lipinski definition) is 2. The monoisotopic (exact) mass is 358 g/mol. The smallest absolute Gasteiger partial charge is 0.137 e. The summed E-state index contributed by atoms with van der Waals surface area (Å²) in [6, 6.07) is 10.2. The summed E-state index contributed by atoms with van der Waals surface area (Å²) in [5.41, 5.74) is 8.01. The van der Waals surface area contributed by atoms with E-state index in [0.717, 1.165) is 15.8 Å². The van der Waals surface area contributed by atoms with Crippen LogP contribution in [0.15, 0.2) is 45.3 Å². The lowest BCUT2D eigenvalue weighted by molar-refractivity contribution is 0.621. The molecule has 0 bridgehead atoms. The van der Waals surface area contributed by atoms with Crippen LogP contribution in [-0.2, 0) is 0 Å². The Bertz CT molecular complexity index is 558. The van der Waals surface area contributed by atoms with Gasteiger partial charge in [0.1, 0.15) is 5.82 Å². The van der Waals surface area contributed by atoms with Crippen LogP contribution >= 0.6 is 31.9 Å². The van der Waals surface area contributed by atoms with Gasteiger partial charge in [0.25, 0.3) is 0 Å². The van der Waals surface area contributed by atoms with Crippen molar-refractivity contribution in [3.8, 4) is 0 Å². The molecule has 0 unspecified atom stereocenters. The summed E-state index contributed by atoms with van der Waals surface area (Å²) in [4.78, 5) is 0. The van der Waals surface area contributed by atoms with E-state index in [9.17, 15) is 4.39 Å². The van der Waals surface area contributed by atoms with Gasteiger partial charge >= 0.3 is 0 Å². The van der Waals surface area contributed by atoms with Crippen LogP contribution in [0.5, 0.6) is 0 Å². The third kappa shape index (κ3) is 2.98. The zero-order valence-electron chi connectivity index (χ0n) is 8.68. The molecule has 0 heterocycles. The fraction of sp³-hybridized carbons (Fsp3) is 0. The molecule has 2 rings (SSSR count). The van der Waals surface area contributed by atoms with Gasteiger partial charge in [-0.15, -0.1) is 0 Å². The van der Waals surface area contributed by atoms with Gasteiger partial charge in [-0.2, -0.15) is 0 Å². The summed E-state index contributed by atoms with van der Waals surface area (Å²) < 4.78 is 14.4. The first-order valence-electron chi connectivity index (χ1n) is 4.83. The van der Waals surface area contributed by atoms with Crippen LogP contribution in [-0.4, -0.2) is 0 Å². The maximum atomic E-state index is 13.1. The summed E-state index contributed by atoms with van der Waals surface area (Å²) in [7, 11) is 0. The van der Waals surface area contributed by atoms with Gasteiger partial charge in [0.15, 0.2) is 0 Å². The molecule has 2 aromatic rings. The van der Waals surface area contributed by atoms with Crippen LogP contribution in [0.4, 0.5) is 21.5 Å². The third-order valence-corrected chi connectivity index (χ3v) is 3.31. The first kappa shape index (κ1) is 12.4. The van der Waals surface area contributed by atoms with Crippen molar-refractivity contribution in [2.45, 2.75) is 0 Å². The van der Waals surface area contributed by atoms with E-state index in [1.807, 2.05) is 12.1 Å². The maximum Gasteiger partial charge on any atom is 0.137 e. The lowest BCUT2D eigenvalue weighted by atomic mass is 10.2. The molecule has 3 N–H and O–H groups in total. The van der Waals surface area contributed by atoms with Crippen molar-refractivity contribution in [3.05, 3.63) is 51.2 Å². The van der Waals surface area contributed by atoms with E-state index in [1.54, 1.807) is 18.2 Å². The highest BCUT2D eigenvalue weighted by Crippen LogP contribution is 2.28. The largest absolute Gasteiger partial charge is 0.397 e. The molecule has 0 fully saturated rings. The van der Waals surface area contributed by atoms with Gasteiger partial charge in [-0.25, -0.2) is 4.39 Å². The van der Waals surface area contributed by atoms with Crippen LogP contribution in [0.1, 0.15) is 0 Å². The molecular formula is C12H9Br2FN2. The Hall–Kier alpha value is -1.07. The Balaban J connectivity index is 2.31. The number of anilines is 3. The van der Waals surface area contributed by atoms with Crippen molar-refractivity contribution in [2.75, 3.05) is 11.1 Å². The second-order valence-corrected chi connectivity index (χ2v) is 5.26. The minimum absolute atomic E-state index is 0.294. The molecule has 0 spiro atoms. The van der Waals surface area contributed by atoms with Gasteiger partial charge in [-0.05, 0) is 52.3 Å². The molecule has 0 atom stereocenters. The van der Waals surface area contributed by atoms with E-state index in [1.165, 1.54) is 6.07 Å². The van der Waals surface area contributed by atoms with E-state index in [0.29, 0.717) is 10.2 Å². The molecule has 17 heavy (non-hydrogen) atoms. The van der Waals surface area contributed by atoms with E-state index in [2.05, 4.69) is 37.2 Å². The molecular weight excluding hydrogens is 351 g/mol. The van der Waals surface area contributed by atoms with E-state index < -0.39 is 0 Å². The fourth-order valence-corrected chi connectivity index (χ4v) is 2.11. The molecule has 0 aliphatic carbocycles. The Kier molecular flexibility index (Phi) is 3.69. The van der Waals surface area contributed by atoms with Gasteiger partial charge in [0, 0.05) is 10.2 Å². The van der Waals surface area contributed by atoms with Crippen molar-refractivity contribution in [3.63, 3.8) is 0 Å². The van der Waals surface area contributed by atoms with Gasteiger partial charge in [0.05, 0.1) is 15.8 Å². The number of halogens is 3. The molecule has 2 aromatic carbocycles. The zero-order valence-corrected chi connectivity index (χ0v) is 11.8. The third-order valence-electron chi connectivity index (χ3n) is 2.21. The van der Waals surface area contributed by atoms with Crippen LogP contribution in [0.25, 0.3) is 0 Å². The quantitative estimate of drug-likeness (QED) is 0.764. The molecule has 2 nitrogen and oxygen atoms in total. The number of benzene rings is 2. The maximum absolute atomic E-state index is 13.1. The van der Waals surface area contributed by atoms with Gasteiger partial charge in [-0.3, -0.25) is 0 Å². The summed E-state index contributed by atoms with van der Waals surface area (Å²) in [6.45, 7) is 0. The summed E-state index contributed by atoms with van der Waals surface area (Å²) in [5.74, 6) is -0.294.